The van der Waals surface area contributed by atoms with E-state index in [2.05, 4.69) is 26.4 Å². The van der Waals surface area contributed by atoms with Crippen molar-refractivity contribution in [2.24, 2.45) is 11.8 Å². The van der Waals surface area contributed by atoms with Gasteiger partial charge in [-0.3, -0.25) is 19.8 Å². The van der Waals surface area contributed by atoms with Crippen LogP contribution in [0.2, 0.25) is 0 Å². The number of piperidine rings is 1. The summed E-state index contributed by atoms with van der Waals surface area (Å²) in [6.07, 6.45) is 1.64. The Morgan fingerprint density at radius 2 is 2.12 bits per heavy atom. The third kappa shape index (κ3) is 4.43. The van der Waals surface area contributed by atoms with Crippen molar-refractivity contribution in [3.05, 3.63) is 0 Å². The predicted molar refractivity (Wildman–Crippen MR) is 92.0 cm³/mol. The number of hydrogen-bond acceptors (Lipinski definition) is 8. The lowest BCUT2D eigenvalue weighted by atomic mass is 9.93. The van der Waals surface area contributed by atoms with Gasteiger partial charge in [0.15, 0.2) is 0 Å². The average Bonchev–Trinajstić information content (AvgIpc) is 3.22. The van der Waals surface area contributed by atoms with Crippen LogP contribution < -0.4 is 21.5 Å². The summed E-state index contributed by atoms with van der Waals surface area (Å²) in [5, 5.41) is 4.96. The molecule has 4 N–H and O–H groups in total. The van der Waals surface area contributed by atoms with Gasteiger partial charge in [0.1, 0.15) is 0 Å². The van der Waals surface area contributed by atoms with Gasteiger partial charge in [0.05, 0.1) is 30.7 Å². The van der Waals surface area contributed by atoms with Crippen molar-refractivity contribution in [3.8, 4) is 0 Å². The maximum atomic E-state index is 12.6. The van der Waals surface area contributed by atoms with Crippen LogP contribution in [0.1, 0.15) is 26.2 Å². The number of alkyl carbamates (subject to hydrolysis) is 1. The minimum Gasteiger partial charge on any atom is -0.450 e. The third-order valence-corrected chi connectivity index (χ3v) is 6.13. The standard InChI is InChI=1S/C15H25N5O4S/c1-2-24-15(23)18-13(22)10-4-6-25-14(10)17-12(21)9-3-5-20-8-16-19-11(20)7-9/h9-11,14,16,19H,2-8H2,1H3,(H,17,21)(H,18,22,23). The van der Waals surface area contributed by atoms with Crippen molar-refractivity contribution in [1.82, 2.24) is 26.4 Å². The summed E-state index contributed by atoms with van der Waals surface area (Å²) in [6.45, 7) is 3.56. The van der Waals surface area contributed by atoms with Crippen LogP contribution in [0.3, 0.4) is 0 Å². The van der Waals surface area contributed by atoms with Crippen LogP contribution in [0.5, 0.6) is 0 Å². The summed E-state index contributed by atoms with van der Waals surface area (Å²) in [5.74, 6) is -0.0986. The van der Waals surface area contributed by atoms with Crippen molar-refractivity contribution < 1.29 is 19.1 Å². The quantitative estimate of drug-likeness (QED) is 0.526. The van der Waals surface area contributed by atoms with Gasteiger partial charge in [-0.25, -0.2) is 15.6 Å². The second-order valence-corrected chi connectivity index (χ2v) is 7.68. The van der Waals surface area contributed by atoms with E-state index in [1.165, 1.54) is 0 Å². The molecule has 3 aliphatic rings. The van der Waals surface area contributed by atoms with Crippen LogP contribution in [0.4, 0.5) is 4.79 Å². The Kier molecular flexibility index (Phi) is 6.15. The monoisotopic (exact) mass is 371 g/mol. The van der Waals surface area contributed by atoms with Crippen LogP contribution in [0.25, 0.3) is 0 Å². The molecule has 3 fully saturated rings. The number of carbonyl (C=O) groups is 3. The fraction of sp³-hybridized carbons (Fsp3) is 0.800. The summed E-state index contributed by atoms with van der Waals surface area (Å²) >= 11 is 1.55. The molecule has 140 valence electrons. The summed E-state index contributed by atoms with van der Waals surface area (Å²) in [4.78, 5) is 38.6. The van der Waals surface area contributed by atoms with Gasteiger partial charge in [0.2, 0.25) is 11.8 Å². The molecule has 0 aromatic heterocycles. The minimum atomic E-state index is -0.735. The zero-order valence-electron chi connectivity index (χ0n) is 14.2. The highest BCUT2D eigenvalue weighted by Crippen LogP contribution is 2.32. The molecule has 3 aliphatic heterocycles. The highest BCUT2D eigenvalue weighted by atomic mass is 32.2. The van der Waals surface area contributed by atoms with Crippen LogP contribution in [0.15, 0.2) is 0 Å². The zero-order valence-corrected chi connectivity index (χ0v) is 15.1. The Morgan fingerprint density at radius 3 is 2.92 bits per heavy atom. The molecular weight excluding hydrogens is 346 g/mol. The molecular formula is C15H25N5O4S. The molecule has 3 heterocycles. The van der Waals surface area contributed by atoms with E-state index in [0.29, 0.717) is 6.42 Å². The first-order chi connectivity index (χ1) is 12.1. The molecule has 0 aromatic carbocycles. The normalized spacial score (nSPS) is 32.0. The summed E-state index contributed by atoms with van der Waals surface area (Å²) in [7, 11) is 0. The number of imide groups is 1. The lowest BCUT2D eigenvalue weighted by Gasteiger charge is -2.33. The maximum absolute atomic E-state index is 12.6. The highest BCUT2D eigenvalue weighted by Gasteiger charge is 2.39. The van der Waals surface area contributed by atoms with E-state index >= 15 is 0 Å². The number of hydrogen-bond donors (Lipinski definition) is 4. The Morgan fingerprint density at radius 1 is 1.28 bits per heavy atom. The number of nitrogens with one attached hydrogen (secondary N) is 4. The molecule has 0 aliphatic carbocycles. The molecule has 3 amide bonds. The number of fused-ring (bicyclic) bond motifs is 1. The molecule has 0 spiro atoms. The summed E-state index contributed by atoms with van der Waals surface area (Å²) in [6, 6.07) is 0. The Bertz CT molecular complexity index is 534. The molecule has 9 nitrogen and oxygen atoms in total. The van der Waals surface area contributed by atoms with Gasteiger partial charge >= 0.3 is 6.09 Å². The molecule has 4 unspecified atom stereocenters. The molecule has 0 radical (unpaired) electrons. The third-order valence-electron chi connectivity index (χ3n) is 4.85. The first-order valence-electron chi connectivity index (χ1n) is 8.70. The summed E-state index contributed by atoms with van der Waals surface area (Å²) in [5.41, 5.74) is 6.26. The van der Waals surface area contributed by atoms with Crippen molar-refractivity contribution in [2.75, 3.05) is 25.6 Å². The van der Waals surface area contributed by atoms with E-state index in [9.17, 15) is 14.4 Å². The summed E-state index contributed by atoms with van der Waals surface area (Å²) < 4.78 is 4.74. The fourth-order valence-corrected chi connectivity index (χ4v) is 4.81. The number of amides is 3. The largest absolute Gasteiger partial charge is 0.450 e. The highest BCUT2D eigenvalue weighted by molar-refractivity contribution is 8.00. The van der Waals surface area contributed by atoms with Crippen molar-refractivity contribution in [1.29, 1.82) is 0 Å². The fourth-order valence-electron chi connectivity index (χ4n) is 3.48. The molecule has 0 aromatic rings. The number of nitrogens with zero attached hydrogens (tertiary/aromatic N) is 1. The number of rotatable bonds is 4. The number of thioether (sulfide) groups is 1. The number of carbonyl (C=O) groups excluding carboxylic acids is 3. The maximum Gasteiger partial charge on any atom is 0.413 e. The number of hydrazine groups is 1. The van der Waals surface area contributed by atoms with Crippen molar-refractivity contribution >= 4 is 29.7 Å². The Hall–Kier alpha value is -1.36. The smallest absolute Gasteiger partial charge is 0.413 e. The molecule has 3 saturated heterocycles. The molecule has 0 saturated carbocycles. The van der Waals surface area contributed by atoms with Gasteiger partial charge < -0.3 is 10.1 Å². The SMILES string of the molecule is CCOC(=O)NC(=O)C1CCSC1NC(=O)C1CCN2CNNC2C1. The van der Waals surface area contributed by atoms with Gasteiger partial charge in [-0.15, -0.1) is 11.8 Å². The van der Waals surface area contributed by atoms with Gasteiger partial charge in [-0.05, 0) is 31.9 Å². The van der Waals surface area contributed by atoms with E-state index in [1.54, 1.807) is 18.7 Å². The van der Waals surface area contributed by atoms with Gasteiger partial charge in [0.25, 0.3) is 0 Å². The van der Waals surface area contributed by atoms with Gasteiger partial charge in [-0.2, -0.15) is 0 Å². The van der Waals surface area contributed by atoms with Crippen LogP contribution in [-0.2, 0) is 14.3 Å². The zero-order chi connectivity index (χ0) is 17.8. The van der Waals surface area contributed by atoms with E-state index < -0.39 is 12.0 Å². The van der Waals surface area contributed by atoms with Gasteiger partial charge in [0, 0.05) is 12.5 Å². The molecule has 4 atom stereocenters. The minimum absolute atomic E-state index is 0.0123. The molecule has 10 heteroatoms. The van der Waals surface area contributed by atoms with Crippen LogP contribution in [0, 0.1) is 11.8 Å². The first kappa shape index (κ1) is 18.4. The number of ether oxygens (including phenoxy) is 1. The van der Waals surface area contributed by atoms with Crippen LogP contribution in [-0.4, -0.2) is 59.9 Å². The van der Waals surface area contributed by atoms with Crippen LogP contribution >= 0.6 is 11.8 Å². The Labute approximate surface area is 150 Å². The van der Waals surface area contributed by atoms with Crippen molar-refractivity contribution in [2.45, 2.75) is 37.7 Å². The topological polar surface area (TPSA) is 112 Å². The average molecular weight is 371 g/mol. The van der Waals surface area contributed by atoms with E-state index in [-0.39, 0.29) is 35.9 Å². The second kappa shape index (κ2) is 8.35. The first-order valence-corrected chi connectivity index (χ1v) is 9.75. The molecule has 3 rings (SSSR count). The Balaban J connectivity index is 1.51. The van der Waals surface area contributed by atoms with E-state index in [0.717, 1.165) is 31.8 Å². The van der Waals surface area contributed by atoms with Crippen molar-refractivity contribution in [3.63, 3.8) is 0 Å². The van der Waals surface area contributed by atoms with E-state index in [1.807, 2.05) is 0 Å². The molecule has 25 heavy (non-hydrogen) atoms. The lowest BCUT2D eigenvalue weighted by Crippen LogP contribution is -2.50. The second-order valence-electron chi connectivity index (χ2n) is 6.43. The van der Waals surface area contributed by atoms with Gasteiger partial charge in [-0.1, -0.05) is 0 Å². The van der Waals surface area contributed by atoms with E-state index in [4.69, 9.17) is 4.74 Å². The lowest BCUT2D eigenvalue weighted by molar-refractivity contribution is -0.128. The molecule has 0 bridgehead atoms. The predicted octanol–water partition coefficient (Wildman–Crippen LogP) is -0.442.